The molecule has 0 spiro atoms. The Hall–Kier alpha value is -1.41. The van der Waals surface area contributed by atoms with E-state index >= 15 is 0 Å². The standard InChI is InChI=1S/C14H25N5O2S/c1-4-5-10-22(20,21)19-8-6-18(7-9-19)14-11-13(17(2)3)12-15-16-14/h11-12H,4-10H2,1-3H3. The first-order valence-electron chi connectivity index (χ1n) is 7.67. The minimum absolute atomic E-state index is 0.249. The minimum Gasteiger partial charge on any atom is -0.376 e. The number of piperazine rings is 1. The van der Waals surface area contributed by atoms with Crippen LogP contribution in [0.25, 0.3) is 0 Å². The first-order valence-corrected chi connectivity index (χ1v) is 9.28. The summed E-state index contributed by atoms with van der Waals surface area (Å²) in [6.07, 6.45) is 3.33. The second kappa shape index (κ2) is 7.23. The highest BCUT2D eigenvalue weighted by Gasteiger charge is 2.27. The number of rotatable bonds is 6. The molecular weight excluding hydrogens is 302 g/mol. The Kier molecular flexibility index (Phi) is 5.57. The zero-order chi connectivity index (χ0) is 16.2. The smallest absolute Gasteiger partial charge is 0.214 e. The van der Waals surface area contributed by atoms with E-state index in [-0.39, 0.29) is 5.75 Å². The molecule has 7 nitrogen and oxygen atoms in total. The van der Waals surface area contributed by atoms with Crippen molar-refractivity contribution in [3.8, 4) is 0 Å². The van der Waals surface area contributed by atoms with Crippen LogP contribution in [0.15, 0.2) is 12.3 Å². The normalized spacial score (nSPS) is 16.8. The molecule has 0 N–H and O–H groups in total. The SMILES string of the molecule is CCCCS(=O)(=O)N1CCN(c2cc(N(C)C)cnn2)CC1. The van der Waals surface area contributed by atoms with Crippen molar-refractivity contribution in [3.63, 3.8) is 0 Å². The lowest BCUT2D eigenvalue weighted by molar-refractivity contribution is 0.383. The monoisotopic (exact) mass is 327 g/mol. The molecule has 8 heteroatoms. The summed E-state index contributed by atoms with van der Waals surface area (Å²) >= 11 is 0. The average Bonchev–Trinajstić information content (AvgIpc) is 2.53. The van der Waals surface area contributed by atoms with Gasteiger partial charge in [0.1, 0.15) is 0 Å². The molecule has 0 unspecified atom stereocenters. The summed E-state index contributed by atoms with van der Waals surface area (Å²) in [5, 5.41) is 8.19. The number of hydrogen-bond acceptors (Lipinski definition) is 6. The van der Waals surface area contributed by atoms with E-state index in [0.29, 0.717) is 26.2 Å². The Morgan fingerprint density at radius 1 is 1.23 bits per heavy atom. The predicted octanol–water partition coefficient (Wildman–Crippen LogP) is 0.795. The molecule has 2 heterocycles. The van der Waals surface area contributed by atoms with Crippen LogP contribution in [0.1, 0.15) is 19.8 Å². The number of nitrogens with zero attached hydrogens (tertiary/aromatic N) is 5. The van der Waals surface area contributed by atoms with Crippen molar-refractivity contribution in [2.24, 2.45) is 0 Å². The highest BCUT2D eigenvalue weighted by molar-refractivity contribution is 7.89. The Bertz CT molecular complexity index is 583. The lowest BCUT2D eigenvalue weighted by Crippen LogP contribution is -2.49. The molecule has 0 saturated carbocycles. The molecule has 1 aliphatic heterocycles. The van der Waals surface area contributed by atoms with Crippen molar-refractivity contribution in [1.82, 2.24) is 14.5 Å². The third-order valence-electron chi connectivity index (χ3n) is 3.86. The molecule has 22 heavy (non-hydrogen) atoms. The Labute approximate surface area is 133 Å². The maximum Gasteiger partial charge on any atom is 0.214 e. The molecule has 1 saturated heterocycles. The molecule has 0 atom stereocenters. The fourth-order valence-corrected chi connectivity index (χ4v) is 4.03. The summed E-state index contributed by atoms with van der Waals surface area (Å²) < 4.78 is 26.0. The average molecular weight is 327 g/mol. The molecule has 1 aromatic rings. The van der Waals surface area contributed by atoms with Crippen molar-refractivity contribution in [1.29, 1.82) is 0 Å². The van der Waals surface area contributed by atoms with Crippen LogP contribution in [0, 0.1) is 0 Å². The maximum absolute atomic E-state index is 12.2. The Balaban J connectivity index is 1.99. The summed E-state index contributed by atoms with van der Waals surface area (Å²) in [6, 6.07) is 1.98. The van der Waals surface area contributed by atoms with Crippen LogP contribution in [-0.4, -0.2) is 68.9 Å². The van der Waals surface area contributed by atoms with Gasteiger partial charge in [-0.1, -0.05) is 13.3 Å². The lowest BCUT2D eigenvalue weighted by Gasteiger charge is -2.34. The second-order valence-electron chi connectivity index (χ2n) is 5.72. The second-order valence-corrected chi connectivity index (χ2v) is 7.81. The zero-order valence-electron chi connectivity index (χ0n) is 13.6. The third-order valence-corrected chi connectivity index (χ3v) is 5.81. The largest absolute Gasteiger partial charge is 0.376 e. The van der Waals surface area contributed by atoms with Crippen LogP contribution < -0.4 is 9.80 Å². The van der Waals surface area contributed by atoms with Gasteiger partial charge in [-0.2, -0.15) is 9.40 Å². The molecule has 1 fully saturated rings. The highest BCUT2D eigenvalue weighted by Crippen LogP contribution is 2.19. The van der Waals surface area contributed by atoms with Gasteiger partial charge < -0.3 is 9.80 Å². The molecule has 124 valence electrons. The fourth-order valence-electron chi connectivity index (χ4n) is 2.40. The molecule has 0 aromatic carbocycles. The Morgan fingerprint density at radius 2 is 1.91 bits per heavy atom. The first-order chi connectivity index (χ1) is 10.4. The van der Waals surface area contributed by atoms with Crippen LogP contribution in [0.5, 0.6) is 0 Å². The van der Waals surface area contributed by atoms with Gasteiger partial charge in [0, 0.05) is 46.3 Å². The van der Waals surface area contributed by atoms with Gasteiger partial charge in [-0.3, -0.25) is 0 Å². The number of hydrogen-bond donors (Lipinski definition) is 0. The Morgan fingerprint density at radius 3 is 2.50 bits per heavy atom. The quantitative estimate of drug-likeness (QED) is 0.769. The molecule has 1 aromatic heterocycles. The topological polar surface area (TPSA) is 69.6 Å². The fraction of sp³-hybridized carbons (Fsp3) is 0.714. The van der Waals surface area contributed by atoms with Gasteiger partial charge in [0.05, 0.1) is 17.6 Å². The van der Waals surface area contributed by atoms with E-state index in [9.17, 15) is 8.42 Å². The summed E-state index contributed by atoms with van der Waals surface area (Å²) in [5.41, 5.74) is 0.989. The van der Waals surface area contributed by atoms with Gasteiger partial charge in [0.25, 0.3) is 0 Å². The van der Waals surface area contributed by atoms with Crippen molar-refractivity contribution in [2.75, 3.05) is 55.8 Å². The van der Waals surface area contributed by atoms with Crippen molar-refractivity contribution in [2.45, 2.75) is 19.8 Å². The van der Waals surface area contributed by atoms with E-state index in [1.165, 1.54) is 0 Å². The molecule has 0 radical (unpaired) electrons. The van der Waals surface area contributed by atoms with Crippen molar-refractivity contribution in [3.05, 3.63) is 12.3 Å². The summed E-state index contributed by atoms with van der Waals surface area (Å²) in [7, 11) is 0.804. The number of sulfonamides is 1. The van der Waals surface area contributed by atoms with E-state index in [1.54, 1.807) is 10.5 Å². The maximum atomic E-state index is 12.2. The van der Waals surface area contributed by atoms with Crippen LogP contribution in [0.4, 0.5) is 11.5 Å². The van der Waals surface area contributed by atoms with Crippen molar-refractivity contribution < 1.29 is 8.42 Å². The lowest BCUT2D eigenvalue weighted by atomic mass is 10.3. The molecule has 1 aliphatic rings. The molecular formula is C14H25N5O2S. The van der Waals surface area contributed by atoms with Crippen LogP contribution >= 0.6 is 0 Å². The zero-order valence-corrected chi connectivity index (χ0v) is 14.4. The van der Waals surface area contributed by atoms with E-state index in [4.69, 9.17) is 0 Å². The first kappa shape index (κ1) is 17.0. The molecule has 0 amide bonds. The third kappa shape index (κ3) is 4.07. The van der Waals surface area contributed by atoms with Crippen LogP contribution in [0.2, 0.25) is 0 Å². The number of anilines is 2. The van der Waals surface area contributed by atoms with Crippen LogP contribution in [0.3, 0.4) is 0 Å². The summed E-state index contributed by atoms with van der Waals surface area (Å²) in [6.45, 7) is 4.33. The van der Waals surface area contributed by atoms with Gasteiger partial charge >= 0.3 is 0 Å². The predicted molar refractivity (Wildman–Crippen MR) is 88.8 cm³/mol. The highest BCUT2D eigenvalue weighted by atomic mass is 32.2. The van der Waals surface area contributed by atoms with Gasteiger partial charge in [-0.15, -0.1) is 5.10 Å². The van der Waals surface area contributed by atoms with E-state index in [0.717, 1.165) is 24.3 Å². The van der Waals surface area contributed by atoms with Gasteiger partial charge in [-0.25, -0.2) is 8.42 Å². The van der Waals surface area contributed by atoms with E-state index < -0.39 is 10.0 Å². The van der Waals surface area contributed by atoms with Crippen molar-refractivity contribution >= 4 is 21.5 Å². The van der Waals surface area contributed by atoms with Gasteiger partial charge in [0.2, 0.25) is 10.0 Å². The summed E-state index contributed by atoms with van der Waals surface area (Å²) in [5.74, 6) is 1.05. The van der Waals surface area contributed by atoms with E-state index in [1.807, 2.05) is 32.0 Å². The number of unbranched alkanes of at least 4 members (excludes halogenated alkanes) is 1. The van der Waals surface area contributed by atoms with Crippen LogP contribution in [-0.2, 0) is 10.0 Å². The number of aromatic nitrogens is 2. The van der Waals surface area contributed by atoms with Gasteiger partial charge in [-0.05, 0) is 6.42 Å². The van der Waals surface area contributed by atoms with Gasteiger partial charge in [0.15, 0.2) is 5.82 Å². The molecule has 0 bridgehead atoms. The van der Waals surface area contributed by atoms with E-state index in [2.05, 4.69) is 15.1 Å². The molecule has 0 aliphatic carbocycles. The molecule has 2 rings (SSSR count). The minimum atomic E-state index is -3.11. The summed E-state index contributed by atoms with van der Waals surface area (Å²) in [4.78, 5) is 4.06.